The lowest BCUT2D eigenvalue weighted by Crippen LogP contribution is -2.52. The van der Waals surface area contributed by atoms with E-state index in [2.05, 4.69) is 0 Å². The van der Waals surface area contributed by atoms with Crippen molar-refractivity contribution in [3.63, 3.8) is 0 Å². The van der Waals surface area contributed by atoms with E-state index in [0.717, 1.165) is 51.6 Å². The van der Waals surface area contributed by atoms with E-state index in [1.807, 2.05) is 4.90 Å². The second-order valence-corrected chi connectivity index (χ2v) is 9.14. The third-order valence-electron chi connectivity index (χ3n) is 4.73. The van der Waals surface area contributed by atoms with E-state index in [9.17, 15) is 13.2 Å². The fraction of sp³-hybridized carbons (Fsp3) is 0.929. The Morgan fingerprint density at radius 1 is 0.909 bits per heavy atom. The Bertz CT molecular complexity index is 497. The molecule has 3 aliphatic heterocycles. The molecule has 0 saturated carbocycles. The fourth-order valence-electron chi connectivity index (χ4n) is 3.42. The number of likely N-dealkylation sites (tertiary alicyclic amines) is 1. The van der Waals surface area contributed by atoms with Crippen LogP contribution in [0.3, 0.4) is 0 Å². The molecule has 3 heterocycles. The van der Waals surface area contributed by atoms with Gasteiger partial charge < -0.3 is 4.90 Å². The van der Waals surface area contributed by atoms with Gasteiger partial charge in [0.05, 0.1) is 5.88 Å². The fourth-order valence-corrected chi connectivity index (χ4v) is 6.78. The summed E-state index contributed by atoms with van der Waals surface area (Å²) < 4.78 is 28.9. The molecule has 3 rings (SSSR count). The molecule has 3 fully saturated rings. The quantitative estimate of drug-likeness (QED) is 0.767. The number of nitrogens with zero attached hydrogens (tertiary/aromatic N) is 3. The molecule has 8 heteroatoms. The van der Waals surface area contributed by atoms with Crippen molar-refractivity contribution in [3.8, 4) is 0 Å². The van der Waals surface area contributed by atoms with Crippen LogP contribution in [0.4, 0.5) is 0 Å². The van der Waals surface area contributed by atoms with Crippen LogP contribution in [0.2, 0.25) is 0 Å². The van der Waals surface area contributed by atoms with Gasteiger partial charge in [0.15, 0.2) is 0 Å². The number of rotatable bonds is 3. The Kier molecular flexibility index (Phi) is 5.31. The van der Waals surface area contributed by atoms with Gasteiger partial charge in [-0.3, -0.25) is 4.79 Å². The van der Waals surface area contributed by atoms with Crippen LogP contribution in [0, 0.1) is 0 Å². The number of carbonyl (C=O) groups excluding carboxylic acids is 1. The molecule has 6 nitrogen and oxygen atoms in total. The van der Waals surface area contributed by atoms with E-state index in [1.165, 1.54) is 4.31 Å². The zero-order valence-electron chi connectivity index (χ0n) is 12.9. The largest absolute Gasteiger partial charge is 0.341 e. The normalized spacial score (nSPS) is 28.9. The average molecular weight is 348 g/mol. The monoisotopic (exact) mass is 347 g/mol. The Labute approximate surface area is 137 Å². The summed E-state index contributed by atoms with van der Waals surface area (Å²) in [6, 6.07) is -0.503. The topological polar surface area (TPSA) is 60.9 Å². The van der Waals surface area contributed by atoms with E-state index in [-0.39, 0.29) is 5.91 Å². The van der Waals surface area contributed by atoms with E-state index < -0.39 is 16.3 Å². The molecule has 0 radical (unpaired) electrons. The van der Waals surface area contributed by atoms with Gasteiger partial charge in [0.2, 0.25) is 5.91 Å². The molecule has 0 aliphatic carbocycles. The van der Waals surface area contributed by atoms with Crippen molar-refractivity contribution in [2.24, 2.45) is 0 Å². The van der Waals surface area contributed by atoms with E-state index in [4.69, 9.17) is 0 Å². The van der Waals surface area contributed by atoms with Gasteiger partial charge in [0.1, 0.15) is 6.04 Å². The first-order valence-corrected chi connectivity index (χ1v) is 10.8. The molecule has 0 aromatic heterocycles. The summed E-state index contributed by atoms with van der Waals surface area (Å²) >= 11 is 1.55. The average Bonchev–Trinajstić information content (AvgIpc) is 3.13. The highest BCUT2D eigenvalue weighted by molar-refractivity contribution is 8.00. The minimum absolute atomic E-state index is 0.000830. The zero-order valence-corrected chi connectivity index (χ0v) is 14.6. The number of hydrogen-bond donors (Lipinski definition) is 0. The third-order valence-corrected chi connectivity index (χ3v) is 7.90. The van der Waals surface area contributed by atoms with E-state index in [0.29, 0.717) is 24.7 Å². The first-order chi connectivity index (χ1) is 10.6. The molecule has 3 saturated heterocycles. The summed E-state index contributed by atoms with van der Waals surface area (Å²) in [5, 5.41) is 0. The summed E-state index contributed by atoms with van der Waals surface area (Å²) in [5.74, 6) is 0.992. The maximum atomic E-state index is 12.9. The van der Waals surface area contributed by atoms with Gasteiger partial charge in [-0.1, -0.05) is 12.8 Å². The molecule has 0 aromatic rings. The molecule has 0 N–H and O–H groups in total. The number of amides is 1. The molecule has 1 amide bonds. The third kappa shape index (κ3) is 3.29. The van der Waals surface area contributed by atoms with Crippen molar-refractivity contribution in [2.45, 2.75) is 44.6 Å². The van der Waals surface area contributed by atoms with Crippen molar-refractivity contribution < 1.29 is 13.2 Å². The summed E-state index contributed by atoms with van der Waals surface area (Å²) in [7, 11) is -3.51. The van der Waals surface area contributed by atoms with Crippen LogP contribution in [-0.4, -0.2) is 71.7 Å². The molecule has 1 atom stereocenters. The Hall–Kier alpha value is -0.310. The lowest BCUT2D eigenvalue weighted by atomic mass is 10.2. The summed E-state index contributed by atoms with van der Waals surface area (Å²) in [4.78, 5) is 14.5. The van der Waals surface area contributed by atoms with Gasteiger partial charge in [0.25, 0.3) is 10.2 Å². The predicted octanol–water partition coefficient (Wildman–Crippen LogP) is 1.10. The maximum Gasteiger partial charge on any atom is 0.283 e. The Balaban J connectivity index is 1.74. The SMILES string of the molecule is O=C([C@H]1CSCN1S(=O)(=O)N1CCCCCC1)N1CCCC1. The number of hydrogen-bond acceptors (Lipinski definition) is 4. The molecular weight excluding hydrogens is 322 g/mol. The Morgan fingerprint density at radius 2 is 1.50 bits per heavy atom. The lowest BCUT2D eigenvalue weighted by molar-refractivity contribution is -0.133. The van der Waals surface area contributed by atoms with Gasteiger partial charge in [0, 0.05) is 31.9 Å². The lowest BCUT2D eigenvalue weighted by Gasteiger charge is -2.30. The van der Waals surface area contributed by atoms with Crippen molar-refractivity contribution in [2.75, 3.05) is 37.8 Å². The predicted molar refractivity (Wildman–Crippen MR) is 87.7 cm³/mol. The van der Waals surface area contributed by atoms with Crippen molar-refractivity contribution in [1.29, 1.82) is 0 Å². The molecule has 22 heavy (non-hydrogen) atoms. The molecule has 0 spiro atoms. The van der Waals surface area contributed by atoms with Gasteiger partial charge in [-0.15, -0.1) is 11.8 Å². The number of carbonyl (C=O) groups is 1. The molecule has 0 aromatic carbocycles. The zero-order chi connectivity index (χ0) is 15.6. The van der Waals surface area contributed by atoms with Gasteiger partial charge in [-0.2, -0.15) is 17.0 Å². The molecule has 3 aliphatic rings. The highest BCUT2D eigenvalue weighted by Gasteiger charge is 2.43. The van der Waals surface area contributed by atoms with Crippen LogP contribution in [0.5, 0.6) is 0 Å². The van der Waals surface area contributed by atoms with Crippen LogP contribution in [0.25, 0.3) is 0 Å². The van der Waals surface area contributed by atoms with Crippen LogP contribution >= 0.6 is 11.8 Å². The second kappa shape index (κ2) is 7.07. The number of thioether (sulfide) groups is 1. The smallest absolute Gasteiger partial charge is 0.283 e. The van der Waals surface area contributed by atoms with Crippen molar-refractivity contribution in [3.05, 3.63) is 0 Å². The van der Waals surface area contributed by atoms with Crippen molar-refractivity contribution in [1.82, 2.24) is 13.5 Å². The standard InChI is InChI=1S/C14H25N3O3S2/c18-14(15-7-5-6-8-15)13-11-21-12-17(13)22(19,20)16-9-3-1-2-4-10-16/h13H,1-12H2/t13-/m1/s1. The summed E-state index contributed by atoms with van der Waals surface area (Å²) in [6.07, 6.45) is 6.10. The summed E-state index contributed by atoms with van der Waals surface area (Å²) in [5.41, 5.74) is 0. The highest BCUT2D eigenvalue weighted by atomic mass is 32.2. The molecule has 0 bridgehead atoms. The van der Waals surface area contributed by atoms with E-state index >= 15 is 0 Å². The van der Waals surface area contributed by atoms with Crippen molar-refractivity contribution >= 4 is 27.9 Å². The van der Waals surface area contributed by atoms with E-state index in [1.54, 1.807) is 16.1 Å². The van der Waals surface area contributed by atoms with Gasteiger partial charge in [-0.05, 0) is 25.7 Å². The van der Waals surface area contributed by atoms with Crippen LogP contribution in [0.15, 0.2) is 0 Å². The molecule has 0 unspecified atom stereocenters. The molecular formula is C14H25N3O3S2. The highest BCUT2D eigenvalue weighted by Crippen LogP contribution is 2.29. The van der Waals surface area contributed by atoms with Crippen LogP contribution < -0.4 is 0 Å². The first kappa shape index (κ1) is 16.5. The first-order valence-electron chi connectivity index (χ1n) is 8.24. The Morgan fingerprint density at radius 3 is 2.14 bits per heavy atom. The maximum absolute atomic E-state index is 12.9. The second-order valence-electron chi connectivity index (χ2n) is 6.26. The van der Waals surface area contributed by atoms with Crippen LogP contribution in [-0.2, 0) is 15.0 Å². The minimum Gasteiger partial charge on any atom is -0.341 e. The minimum atomic E-state index is -3.51. The van der Waals surface area contributed by atoms with Gasteiger partial charge >= 0.3 is 0 Å². The summed E-state index contributed by atoms with van der Waals surface area (Å²) in [6.45, 7) is 2.73. The molecule has 126 valence electrons. The van der Waals surface area contributed by atoms with Gasteiger partial charge in [-0.25, -0.2) is 0 Å². The van der Waals surface area contributed by atoms with Crippen LogP contribution in [0.1, 0.15) is 38.5 Å².